The summed E-state index contributed by atoms with van der Waals surface area (Å²) in [4.78, 5) is 55.3. The van der Waals surface area contributed by atoms with Crippen LogP contribution in [-0.4, -0.2) is 36.2 Å². The first-order chi connectivity index (χ1) is 19.5. The topological polar surface area (TPSA) is 122 Å². The fourth-order valence-electron chi connectivity index (χ4n) is 4.30. The van der Waals surface area contributed by atoms with Crippen LogP contribution in [0, 0.1) is 5.92 Å². The first-order valence-electron chi connectivity index (χ1n) is 12.8. The van der Waals surface area contributed by atoms with Crippen LogP contribution in [0.2, 0.25) is 0 Å². The van der Waals surface area contributed by atoms with Crippen molar-refractivity contribution in [2.45, 2.75) is 40.7 Å². The zero-order valence-corrected chi connectivity index (χ0v) is 24.4. The van der Waals surface area contributed by atoms with Crippen LogP contribution in [0.3, 0.4) is 0 Å². The molecular weight excluding hydrogens is 548 g/mol. The van der Waals surface area contributed by atoms with Crippen LogP contribution >= 0.6 is 11.3 Å². The Balaban J connectivity index is 1.90. The third kappa shape index (κ3) is 6.63. The van der Waals surface area contributed by atoms with E-state index >= 15 is 0 Å². The number of fused-ring (bicyclic) bond motifs is 1. The second-order valence-corrected chi connectivity index (χ2v) is 10.8. The number of esters is 3. The number of benzene rings is 2. The molecule has 2 heterocycles. The molecule has 0 radical (unpaired) electrons. The standard InChI is InChI=1S/C30H30N2O8S/c1-16(2)15-38-29(36)26-17(3)31-30-32(27(26)21-10-11-23(40-19(5)34)24(14-21)37-6)28(35)25(41-30)13-20-8-7-9-22(12-20)39-18(4)33/h7-14,16,27H,15H2,1-6H3/b25-13-/t27-/m1/s1. The van der Waals surface area contributed by atoms with Crippen molar-refractivity contribution in [2.75, 3.05) is 13.7 Å². The molecule has 214 valence electrons. The Hall–Kier alpha value is -4.51. The Kier molecular flexibility index (Phi) is 8.87. The Morgan fingerprint density at radius 1 is 1.05 bits per heavy atom. The van der Waals surface area contributed by atoms with Crippen molar-refractivity contribution in [1.29, 1.82) is 0 Å². The molecule has 2 aromatic carbocycles. The van der Waals surface area contributed by atoms with Gasteiger partial charge in [0.2, 0.25) is 0 Å². The summed E-state index contributed by atoms with van der Waals surface area (Å²) >= 11 is 1.17. The molecule has 0 N–H and O–H groups in total. The molecule has 0 saturated carbocycles. The van der Waals surface area contributed by atoms with E-state index in [0.29, 0.717) is 31.9 Å². The summed E-state index contributed by atoms with van der Waals surface area (Å²) in [5.74, 6) is -0.649. The molecule has 0 fully saturated rings. The molecular formula is C30H30N2O8S. The molecule has 0 saturated heterocycles. The van der Waals surface area contributed by atoms with Gasteiger partial charge in [0.1, 0.15) is 5.75 Å². The zero-order chi connectivity index (χ0) is 29.8. The maximum atomic E-state index is 13.9. The minimum absolute atomic E-state index is 0.102. The van der Waals surface area contributed by atoms with Crippen LogP contribution in [0.1, 0.15) is 51.8 Å². The molecule has 1 atom stereocenters. The van der Waals surface area contributed by atoms with Gasteiger partial charge in [-0.2, -0.15) is 0 Å². The second kappa shape index (κ2) is 12.3. The summed E-state index contributed by atoms with van der Waals surface area (Å²) in [6, 6.07) is 10.7. The molecule has 41 heavy (non-hydrogen) atoms. The predicted octanol–water partition coefficient (Wildman–Crippen LogP) is 3.29. The number of aromatic nitrogens is 1. The summed E-state index contributed by atoms with van der Waals surface area (Å²) in [5.41, 5.74) is 1.43. The van der Waals surface area contributed by atoms with E-state index in [-0.39, 0.29) is 35.2 Å². The van der Waals surface area contributed by atoms with Crippen LogP contribution < -0.4 is 29.1 Å². The number of nitrogens with zero attached hydrogens (tertiary/aromatic N) is 2. The van der Waals surface area contributed by atoms with Crippen LogP contribution in [0.5, 0.6) is 17.2 Å². The average molecular weight is 579 g/mol. The average Bonchev–Trinajstić information content (AvgIpc) is 3.20. The Bertz CT molecular complexity index is 1730. The number of methoxy groups -OCH3 is 1. The van der Waals surface area contributed by atoms with Crippen LogP contribution in [0.25, 0.3) is 6.08 Å². The molecule has 0 amide bonds. The molecule has 11 heteroatoms. The van der Waals surface area contributed by atoms with E-state index in [1.807, 2.05) is 13.8 Å². The number of hydrogen-bond acceptors (Lipinski definition) is 10. The first kappa shape index (κ1) is 29.5. The first-order valence-corrected chi connectivity index (χ1v) is 13.6. The zero-order valence-electron chi connectivity index (χ0n) is 23.5. The van der Waals surface area contributed by atoms with Gasteiger partial charge in [-0.1, -0.05) is 43.4 Å². The van der Waals surface area contributed by atoms with Gasteiger partial charge in [-0.15, -0.1) is 0 Å². The van der Waals surface area contributed by atoms with Gasteiger partial charge in [0, 0.05) is 13.8 Å². The number of thiazole rings is 1. The van der Waals surface area contributed by atoms with Crippen LogP contribution in [0.15, 0.2) is 63.5 Å². The largest absolute Gasteiger partial charge is 0.493 e. The number of carbonyl (C=O) groups excluding carboxylic acids is 3. The van der Waals surface area contributed by atoms with Gasteiger partial charge in [0.05, 0.1) is 35.6 Å². The van der Waals surface area contributed by atoms with Gasteiger partial charge in [-0.3, -0.25) is 19.0 Å². The number of ether oxygens (including phenoxy) is 4. The molecule has 4 rings (SSSR count). The lowest BCUT2D eigenvalue weighted by atomic mass is 9.95. The molecule has 1 aliphatic heterocycles. The summed E-state index contributed by atoms with van der Waals surface area (Å²) < 4.78 is 23.3. The SMILES string of the molecule is COc1cc([C@@H]2C(C(=O)OCC(C)C)=C(C)N=c3s/c(=C\c4cccc(OC(C)=O)c4)c(=O)n32)ccc1OC(C)=O. The fourth-order valence-corrected chi connectivity index (χ4v) is 5.34. The number of allylic oxidation sites excluding steroid dienone is 1. The van der Waals surface area contributed by atoms with Gasteiger partial charge >= 0.3 is 17.9 Å². The number of rotatable bonds is 8. The molecule has 0 spiro atoms. The van der Waals surface area contributed by atoms with Gasteiger partial charge in [-0.25, -0.2) is 9.79 Å². The monoisotopic (exact) mass is 578 g/mol. The second-order valence-electron chi connectivity index (χ2n) is 9.74. The summed E-state index contributed by atoms with van der Waals surface area (Å²) in [5, 5.41) is 0. The van der Waals surface area contributed by atoms with Crippen molar-refractivity contribution in [3.05, 3.63) is 84.5 Å². The van der Waals surface area contributed by atoms with E-state index in [4.69, 9.17) is 18.9 Å². The molecule has 10 nitrogen and oxygen atoms in total. The lowest BCUT2D eigenvalue weighted by molar-refractivity contribution is -0.140. The molecule has 1 aromatic heterocycles. The highest BCUT2D eigenvalue weighted by Crippen LogP contribution is 2.36. The summed E-state index contributed by atoms with van der Waals surface area (Å²) in [6.45, 7) is 8.34. The number of carbonyl (C=O) groups is 3. The lowest BCUT2D eigenvalue weighted by Gasteiger charge is -2.25. The van der Waals surface area contributed by atoms with Gasteiger partial charge in [-0.05, 0) is 54.3 Å². The van der Waals surface area contributed by atoms with Crippen molar-refractivity contribution in [3.63, 3.8) is 0 Å². The highest BCUT2D eigenvalue weighted by atomic mass is 32.1. The minimum atomic E-state index is -0.888. The van der Waals surface area contributed by atoms with E-state index < -0.39 is 23.9 Å². The van der Waals surface area contributed by atoms with Crippen molar-refractivity contribution in [3.8, 4) is 17.2 Å². The van der Waals surface area contributed by atoms with E-state index in [9.17, 15) is 19.2 Å². The highest BCUT2D eigenvalue weighted by molar-refractivity contribution is 7.07. The Labute approximate surface area is 240 Å². The third-order valence-corrected chi connectivity index (χ3v) is 6.95. The third-order valence-electron chi connectivity index (χ3n) is 5.96. The van der Waals surface area contributed by atoms with Crippen LogP contribution in [-0.2, 0) is 19.1 Å². The molecule has 1 aliphatic rings. The maximum absolute atomic E-state index is 13.9. The quantitative estimate of drug-likeness (QED) is 0.295. The van der Waals surface area contributed by atoms with Gasteiger partial charge in [0.15, 0.2) is 16.3 Å². The highest BCUT2D eigenvalue weighted by Gasteiger charge is 2.34. The lowest BCUT2D eigenvalue weighted by Crippen LogP contribution is -2.40. The molecule has 3 aromatic rings. The smallest absolute Gasteiger partial charge is 0.338 e. The number of hydrogen-bond donors (Lipinski definition) is 0. The molecule has 0 unspecified atom stereocenters. The van der Waals surface area contributed by atoms with E-state index in [1.54, 1.807) is 55.5 Å². The van der Waals surface area contributed by atoms with Gasteiger partial charge < -0.3 is 18.9 Å². The van der Waals surface area contributed by atoms with Crippen LogP contribution in [0.4, 0.5) is 0 Å². The Morgan fingerprint density at radius 2 is 1.78 bits per heavy atom. The Morgan fingerprint density at radius 3 is 2.44 bits per heavy atom. The normalized spacial score (nSPS) is 14.8. The molecule has 0 aliphatic carbocycles. The van der Waals surface area contributed by atoms with Crippen molar-refractivity contribution in [1.82, 2.24) is 4.57 Å². The van der Waals surface area contributed by atoms with Crippen molar-refractivity contribution >= 4 is 35.3 Å². The van der Waals surface area contributed by atoms with Crippen molar-refractivity contribution in [2.24, 2.45) is 10.9 Å². The van der Waals surface area contributed by atoms with Gasteiger partial charge in [0.25, 0.3) is 5.56 Å². The van der Waals surface area contributed by atoms with Crippen molar-refractivity contribution < 1.29 is 33.3 Å². The van der Waals surface area contributed by atoms with E-state index in [1.165, 1.54) is 36.9 Å². The maximum Gasteiger partial charge on any atom is 0.338 e. The molecule has 0 bridgehead atoms. The summed E-state index contributed by atoms with van der Waals surface area (Å²) in [6.07, 6.45) is 1.67. The predicted molar refractivity (Wildman–Crippen MR) is 152 cm³/mol. The van der Waals surface area contributed by atoms with E-state index in [2.05, 4.69) is 4.99 Å². The fraction of sp³-hybridized carbons (Fsp3) is 0.300. The minimum Gasteiger partial charge on any atom is -0.493 e. The summed E-state index contributed by atoms with van der Waals surface area (Å²) in [7, 11) is 1.43. The van der Waals surface area contributed by atoms with E-state index in [0.717, 1.165) is 0 Å².